The molecular formula is C19H22ClF2NO2. The van der Waals surface area contributed by atoms with E-state index in [1.165, 1.54) is 6.07 Å². The number of hydrogen-bond acceptors (Lipinski definition) is 2. The lowest BCUT2D eigenvalue weighted by atomic mass is 9.90. The lowest BCUT2D eigenvalue weighted by Crippen LogP contribution is -2.37. The van der Waals surface area contributed by atoms with Crippen molar-refractivity contribution in [1.82, 2.24) is 5.32 Å². The highest BCUT2D eigenvalue weighted by atomic mass is 35.5. The van der Waals surface area contributed by atoms with Crippen molar-refractivity contribution >= 4 is 23.8 Å². The summed E-state index contributed by atoms with van der Waals surface area (Å²) in [5.41, 5.74) is -0.141. The first-order chi connectivity index (χ1) is 12.0. The number of aldehydes is 1. The molecule has 2 saturated carbocycles. The zero-order valence-corrected chi connectivity index (χ0v) is 14.7. The number of hydrogen-bond donors (Lipinski definition) is 1. The van der Waals surface area contributed by atoms with Gasteiger partial charge in [-0.2, -0.15) is 0 Å². The van der Waals surface area contributed by atoms with E-state index in [1.807, 2.05) is 0 Å². The Kier molecular flexibility index (Phi) is 5.72. The van der Waals surface area contributed by atoms with Gasteiger partial charge in [-0.25, -0.2) is 8.78 Å². The molecule has 3 nitrogen and oxygen atoms in total. The van der Waals surface area contributed by atoms with Crippen molar-refractivity contribution in [2.75, 3.05) is 0 Å². The fraction of sp³-hybridized carbons (Fsp3) is 0.579. The Bertz CT molecular complexity index is 661. The van der Waals surface area contributed by atoms with Crippen LogP contribution in [0.5, 0.6) is 0 Å². The van der Waals surface area contributed by atoms with E-state index in [0.29, 0.717) is 19.3 Å². The van der Waals surface area contributed by atoms with E-state index in [9.17, 15) is 18.4 Å². The standard InChI is InChI=1S/C19H22ClF2NO2/c20-14-7-8-15(21)16(17(14)22)18(12-3-1-2-4-12)23-19(25)13-6-5-11(9-13)10-24/h7-8,10-13,18H,1-6,9H2,(H,23,25)/t11?,13?,18-/m0/s1. The van der Waals surface area contributed by atoms with Crippen molar-refractivity contribution in [3.63, 3.8) is 0 Å². The minimum Gasteiger partial charge on any atom is -0.349 e. The van der Waals surface area contributed by atoms with Crippen LogP contribution in [0.1, 0.15) is 56.6 Å². The van der Waals surface area contributed by atoms with Gasteiger partial charge in [-0.15, -0.1) is 0 Å². The third-order valence-corrected chi connectivity index (χ3v) is 5.89. The Morgan fingerprint density at radius 2 is 1.92 bits per heavy atom. The molecule has 2 aliphatic rings. The van der Waals surface area contributed by atoms with Gasteiger partial charge in [0.2, 0.25) is 5.91 Å². The van der Waals surface area contributed by atoms with Crippen molar-refractivity contribution in [2.45, 2.75) is 51.0 Å². The molecule has 2 fully saturated rings. The first kappa shape index (κ1) is 18.3. The summed E-state index contributed by atoms with van der Waals surface area (Å²) >= 11 is 5.84. The summed E-state index contributed by atoms with van der Waals surface area (Å²) in [6, 6.07) is 1.62. The van der Waals surface area contributed by atoms with Gasteiger partial charge in [0.25, 0.3) is 0 Å². The SMILES string of the molecule is O=CC1CCC(C(=O)N[C@H](c2c(F)ccc(Cl)c2F)C2CCCC2)C1. The van der Waals surface area contributed by atoms with Crippen LogP contribution in [-0.2, 0) is 9.59 Å². The summed E-state index contributed by atoms with van der Waals surface area (Å²) in [6.45, 7) is 0. The molecule has 0 aromatic heterocycles. The number of benzene rings is 1. The second kappa shape index (κ2) is 7.81. The summed E-state index contributed by atoms with van der Waals surface area (Å²) < 4.78 is 28.9. The predicted molar refractivity (Wildman–Crippen MR) is 91.1 cm³/mol. The molecule has 1 N–H and O–H groups in total. The smallest absolute Gasteiger partial charge is 0.223 e. The van der Waals surface area contributed by atoms with E-state index in [-0.39, 0.29) is 34.2 Å². The molecule has 6 heteroatoms. The minimum absolute atomic E-state index is 0.00492. The lowest BCUT2D eigenvalue weighted by Gasteiger charge is -2.27. The Hall–Kier alpha value is -1.49. The molecule has 1 aromatic carbocycles. The molecule has 136 valence electrons. The maximum Gasteiger partial charge on any atom is 0.223 e. The topological polar surface area (TPSA) is 46.2 Å². The summed E-state index contributed by atoms with van der Waals surface area (Å²) in [6.07, 6.45) is 6.32. The van der Waals surface area contributed by atoms with Crippen LogP contribution in [0.2, 0.25) is 5.02 Å². The molecule has 3 atom stereocenters. The second-order valence-electron chi connectivity index (χ2n) is 7.19. The van der Waals surface area contributed by atoms with E-state index < -0.39 is 17.7 Å². The maximum absolute atomic E-state index is 14.5. The monoisotopic (exact) mass is 369 g/mol. The average molecular weight is 370 g/mol. The van der Waals surface area contributed by atoms with Crippen LogP contribution in [0.4, 0.5) is 8.78 Å². The Balaban J connectivity index is 1.85. The quantitative estimate of drug-likeness (QED) is 0.610. The summed E-state index contributed by atoms with van der Waals surface area (Å²) in [4.78, 5) is 23.6. The van der Waals surface area contributed by atoms with Gasteiger partial charge in [0.1, 0.15) is 17.9 Å². The van der Waals surface area contributed by atoms with Gasteiger partial charge in [-0.1, -0.05) is 24.4 Å². The van der Waals surface area contributed by atoms with Gasteiger partial charge < -0.3 is 10.1 Å². The molecule has 0 radical (unpaired) electrons. The Morgan fingerprint density at radius 3 is 2.56 bits per heavy atom. The third-order valence-electron chi connectivity index (χ3n) is 5.60. The molecule has 3 rings (SSSR count). The summed E-state index contributed by atoms with van der Waals surface area (Å²) in [5.74, 6) is -2.08. The molecule has 25 heavy (non-hydrogen) atoms. The second-order valence-corrected chi connectivity index (χ2v) is 7.60. The van der Waals surface area contributed by atoms with Gasteiger partial charge >= 0.3 is 0 Å². The normalized spacial score (nSPS) is 25.1. The van der Waals surface area contributed by atoms with Crippen LogP contribution in [0.25, 0.3) is 0 Å². The van der Waals surface area contributed by atoms with Gasteiger partial charge in [-0.05, 0) is 50.2 Å². The van der Waals surface area contributed by atoms with Crippen LogP contribution in [0.3, 0.4) is 0 Å². The molecule has 1 aromatic rings. The van der Waals surface area contributed by atoms with Gasteiger partial charge in [0.15, 0.2) is 0 Å². The first-order valence-corrected chi connectivity index (χ1v) is 9.28. The van der Waals surface area contributed by atoms with E-state index >= 15 is 0 Å². The van der Waals surface area contributed by atoms with Crippen LogP contribution >= 0.6 is 11.6 Å². The molecule has 0 aliphatic heterocycles. The highest BCUT2D eigenvalue weighted by Crippen LogP contribution is 2.40. The van der Waals surface area contributed by atoms with Crippen LogP contribution < -0.4 is 5.32 Å². The van der Waals surface area contributed by atoms with E-state index in [1.54, 1.807) is 0 Å². The molecule has 0 spiro atoms. The zero-order valence-electron chi connectivity index (χ0n) is 13.9. The van der Waals surface area contributed by atoms with E-state index in [2.05, 4.69) is 5.32 Å². The fourth-order valence-electron chi connectivity index (χ4n) is 4.19. The molecule has 0 heterocycles. The fourth-order valence-corrected chi connectivity index (χ4v) is 4.36. The summed E-state index contributed by atoms with van der Waals surface area (Å²) in [7, 11) is 0. The lowest BCUT2D eigenvalue weighted by molar-refractivity contribution is -0.126. The molecule has 0 bridgehead atoms. The molecule has 1 amide bonds. The minimum atomic E-state index is -0.795. The van der Waals surface area contributed by atoms with Gasteiger partial charge in [0.05, 0.1) is 11.1 Å². The number of carbonyl (C=O) groups excluding carboxylic acids is 2. The molecule has 2 aliphatic carbocycles. The van der Waals surface area contributed by atoms with Crippen molar-refractivity contribution in [2.24, 2.45) is 17.8 Å². The van der Waals surface area contributed by atoms with E-state index in [0.717, 1.165) is 38.0 Å². The predicted octanol–water partition coefficient (Wildman–Crippen LogP) is 4.58. The largest absolute Gasteiger partial charge is 0.349 e. The third kappa shape index (κ3) is 3.86. The van der Waals surface area contributed by atoms with Crippen LogP contribution in [0, 0.1) is 29.4 Å². The van der Waals surface area contributed by atoms with Crippen molar-refractivity contribution in [1.29, 1.82) is 0 Å². The van der Waals surface area contributed by atoms with Gasteiger partial charge in [0, 0.05) is 17.4 Å². The molecular weight excluding hydrogens is 348 g/mol. The average Bonchev–Trinajstić information content (AvgIpc) is 3.28. The Labute approximate surface area is 151 Å². The highest BCUT2D eigenvalue weighted by Gasteiger charge is 2.36. The maximum atomic E-state index is 14.5. The van der Waals surface area contributed by atoms with Crippen LogP contribution in [-0.4, -0.2) is 12.2 Å². The van der Waals surface area contributed by atoms with Crippen molar-refractivity contribution in [3.05, 3.63) is 34.4 Å². The van der Waals surface area contributed by atoms with Crippen molar-refractivity contribution in [3.8, 4) is 0 Å². The van der Waals surface area contributed by atoms with E-state index in [4.69, 9.17) is 11.6 Å². The zero-order chi connectivity index (χ0) is 18.0. The number of nitrogens with one attached hydrogen (secondary N) is 1. The Morgan fingerprint density at radius 1 is 1.20 bits per heavy atom. The molecule has 2 unspecified atom stereocenters. The number of carbonyl (C=O) groups is 2. The van der Waals surface area contributed by atoms with Gasteiger partial charge in [-0.3, -0.25) is 4.79 Å². The number of amides is 1. The first-order valence-electron chi connectivity index (χ1n) is 8.90. The number of halogens is 3. The highest BCUT2D eigenvalue weighted by molar-refractivity contribution is 6.30. The summed E-state index contributed by atoms with van der Waals surface area (Å²) in [5, 5.41) is 2.73. The van der Waals surface area contributed by atoms with Crippen molar-refractivity contribution < 1.29 is 18.4 Å². The number of rotatable bonds is 5. The molecule has 0 saturated heterocycles. The van der Waals surface area contributed by atoms with Crippen LogP contribution in [0.15, 0.2) is 12.1 Å².